The molecule has 4 aliphatic rings. The molecule has 0 aromatic heterocycles. The van der Waals surface area contributed by atoms with Gasteiger partial charge in [-0.25, -0.2) is 0 Å². The first kappa shape index (κ1) is 25.0. The van der Waals surface area contributed by atoms with Gasteiger partial charge in [0.05, 0.1) is 0 Å². The van der Waals surface area contributed by atoms with Crippen LogP contribution in [0.4, 0.5) is 0 Å². The largest absolute Gasteiger partial charge is 0.0459 e. The standard InChI is InChI=1S/C12H12.2C5H5.2Fe/c1-2-6-11(5-1)9-10-12-7-3-4-8-12;2*1-2-4-5-3-1;;/h1-8H,9-10H2;2*1-5H;;. The van der Waals surface area contributed by atoms with E-state index in [0.29, 0.717) is 0 Å². The molecule has 4 rings (SSSR count). The molecule has 0 saturated heterocycles. The summed E-state index contributed by atoms with van der Waals surface area (Å²) >= 11 is 0. The molecule has 4 fully saturated rings. The topological polar surface area (TPSA) is 0 Å². The summed E-state index contributed by atoms with van der Waals surface area (Å²) in [6.07, 6.45) is 39.5. The van der Waals surface area contributed by atoms with Gasteiger partial charge in [-0.15, -0.1) is 0 Å². The van der Waals surface area contributed by atoms with Gasteiger partial charge in [0, 0.05) is 34.1 Å². The zero-order valence-corrected chi connectivity index (χ0v) is 15.7. The van der Waals surface area contributed by atoms with Gasteiger partial charge in [-0.3, -0.25) is 0 Å². The third kappa shape index (κ3) is 12.4. The summed E-state index contributed by atoms with van der Waals surface area (Å²) in [6.45, 7) is 0. The van der Waals surface area contributed by atoms with E-state index in [9.17, 15) is 0 Å². The fraction of sp³-hybridized carbons (Fsp3) is 0.0909. The Morgan fingerprint density at radius 2 is 0.542 bits per heavy atom. The van der Waals surface area contributed by atoms with Gasteiger partial charge in [-0.05, 0) is 140 Å². The van der Waals surface area contributed by atoms with Crippen molar-refractivity contribution in [2.45, 2.75) is 12.8 Å². The number of hydrogen-bond acceptors (Lipinski definition) is 0. The predicted octanol–water partition coefficient (Wildman–Crippen LogP) is 4.62. The van der Waals surface area contributed by atoms with Crippen LogP contribution < -0.4 is 0 Å². The van der Waals surface area contributed by atoms with Crippen LogP contribution in [-0.2, 0) is 34.1 Å². The van der Waals surface area contributed by atoms with E-state index in [1.165, 1.54) is 11.8 Å². The van der Waals surface area contributed by atoms with E-state index in [-0.39, 0.29) is 34.1 Å². The molecular formula is C22H22Fe2. The van der Waals surface area contributed by atoms with Gasteiger partial charge in [-0.1, -0.05) is 0 Å². The Kier molecular flexibility index (Phi) is 18.2. The summed E-state index contributed by atoms with van der Waals surface area (Å²) in [5, 5.41) is 0. The molecule has 0 N–H and O–H groups in total. The second-order valence-electron chi connectivity index (χ2n) is 5.01. The third-order valence-electron chi connectivity index (χ3n) is 3.28. The minimum atomic E-state index is 0. The zero-order valence-electron chi connectivity index (χ0n) is 13.5. The first-order valence-corrected chi connectivity index (χ1v) is 7.70. The minimum absolute atomic E-state index is 0. The van der Waals surface area contributed by atoms with Gasteiger partial charge < -0.3 is 0 Å². The van der Waals surface area contributed by atoms with Crippen molar-refractivity contribution in [1.29, 1.82) is 0 Å². The van der Waals surface area contributed by atoms with Crippen LogP contribution in [0, 0.1) is 127 Å². The molecule has 0 spiro atoms. The molecule has 0 aliphatic heterocycles. The van der Waals surface area contributed by atoms with Crippen molar-refractivity contribution < 1.29 is 34.1 Å². The van der Waals surface area contributed by atoms with E-state index >= 15 is 0 Å². The Morgan fingerprint density at radius 3 is 0.750 bits per heavy atom. The monoisotopic (exact) mass is 398 g/mol. The predicted molar refractivity (Wildman–Crippen MR) is 93.1 cm³/mol. The second kappa shape index (κ2) is 17.5. The maximum atomic E-state index is 2.18. The Hall–Kier alpha value is 1.04. The summed E-state index contributed by atoms with van der Waals surface area (Å²) in [6, 6.07) is 0. The SMILES string of the molecule is [CH]1[CH][CH][CH][CH]1.[CH]1[CH][CH][CH][CH]1.[CH]1[CH][CH][C](CC[C]2[CH][CH][CH][CH]2)[CH]1.[Fe].[Fe]. The fourth-order valence-electron chi connectivity index (χ4n) is 2.09. The molecular weight excluding hydrogens is 376 g/mol. The summed E-state index contributed by atoms with van der Waals surface area (Å²) in [7, 11) is 0. The molecule has 0 aromatic rings. The summed E-state index contributed by atoms with van der Waals surface area (Å²) in [5.74, 6) is 2.88. The van der Waals surface area contributed by atoms with Crippen molar-refractivity contribution in [2.75, 3.05) is 0 Å². The molecule has 0 nitrogen and oxygen atoms in total. The van der Waals surface area contributed by atoms with Crippen LogP contribution >= 0.6 is 0 Å². The maximum Gasteiger partial charge on any atom is 0 e. The van der Waals surface area contributed by atoms with Crippen LogP contribution in [0.2, 0.25) is 0 Å². The van der Waals surface area contributed by atoms with E-state index in [2.05, 4.69) is 51.4 Å². The van der Waals surface area contributed by atoms with E-state index in [1.807, 2.05) is 64.2 Å². The Bertz CT molecular complexity index is 193. The van der Waals surface area contributed by atoms with Gasteiger partial charge in [-0.2, -0.15) is 0 Å². The van der Waals surface area contributed by atoms with Gasteiger partial charge >= 0.3 is 0 Å². The van der Waals surface area contributed by atoms with E-state index < -0.39 is 0 Å². The van der Waals surface area contributed by atoms with Crippen molar-refractivity contribution in [2.24, 2.45) is 0 Å². The molecule has 0 heterocycles. The van der Waals surface area contributed by atoms with E-state index in [4.69, 9.17) is 0 Å². The molecule has 0 bridgehead atoms. The minimum Gasteiger partial charge on any atom is -0.0459 e. The van der Waals surface area contributed by atoms with Crippen LogP contribution in [0.15, 0.2) is 0 Å². The quantitative estimate of drug-likeness (QED) is 0.609. The Labute approximate surface area is 174 Å². The van der Waals surface area contributed by atoms with Crippen LogP contribution in [0.25, 0.3) is 0 Å². The molecule has 20 radical (unpaired) electrons. The normalized spacial score (nSPS) is 23.5. The summed E-state index contributed by atoms with van der Waals surface area (Å²) in [5.41, 5.74) is 0. The van der Waals surface area contributed by atoms with Gasteiger partial charge in [0.1, 0.15) is 0 Å². The van der Waals surface area contributed by atoms with E-state index in [0.717, 1.165) is 12.8 Å². The first-order chi connectivity index (χ1) is 10.9. The smallest absolute Gasteiger partial charge is 0 e. The molecule has 0 aromatic carbocycles. The molecule has 2 heteroatoms. The summed E-state index contributed by atoms with van der Waals surface area (Å²) in [4.78, 5) is 0. The molecule has 0 atom stereocenters. The number of hydrogen-bond donors (Lipinski definition) is 0. The summed E-state index contributed by atoms with van der Waals surface area (Å²) < 4.78 is 0. The Morgan fingerprint density at radius 1 is 0.333 bits per heavy atom. The van der Waals surface area contributed by atoms with Crippen LogP contribution in [0.5, 0.6) is 0 Å². The second-order valence-corrected chi connectivity index (χ2v) is 5.01. The molecule has 0 unspecified atom stereocenters. The maximum absolute atomic E-state index is 2.18. The van der Waals surface area contributed by atoms with E-state index in [1.54, 1.807) is 0 Å². The van der Waals surface area contributed by atoms with Crippen molar-refractivity contribution in [3.05, 3.63) is 127 Å². The van der Waals surface area contributed by atoms with Crippen LogP contribution in [0.1, 0.15) is 12.8 Å². The van der Waals surface area contributed by atoms with Gasteiger partial charge in [0.2, 0.25) is 0 Å². The van der Waals surface area contributed by atoms with Crippen molar-refractivity contribution >= 4 is 0 Å². The van der Waals surface area contributed by atoms with Crippen LogP contribution in [0.3, 0.4) is 0 Å². The molecule has 0 amide bonds. The fourth-order valence-corrected chi connectivity index (χ4v) is 2.09. The van der Waals surface area contributed by atoms with Crippen LogP contribution in [-0.4, -0.2) is 0 Å². The molecule has 126 valence electrons. The van der Waals surface area contributed by atoms with Gasteiger partial charge in [0.25, 0.3) is 0 Å². The Balaban J connectivity index is 0.000000370. The van der Waals surface area contributed by atoms with Crippen molar-refractivity contribution in [3.63, 3.8) is 0 Å². The first-order valence-electron chi connectivity index (χ1n) is 7.70. The average molecular weight is 398 g/mol. The molecule has 24 heavy (non-hydrogen) atoms. The third-order valence-corrected chi connectivity index (χ3v) is 3.28. The molecule has 4 saturated carbocycles. The van der Waals surface area contributed by atoms with Gasteiger partial charge in [0.15, 0.2) is 0 Å². The zero-order chi connectivity index (χ0) is 15.3. The van der Waals surface area contributed by atoms with Crippen molar-refractivity contribution in [1.82, 2.24) is 0 Å². The van der Waals surface area contributed by atoms with Crippen molar-refractivity contribution in [3.8, 4) is 0 Å². The average Bonchev–Trinajstić information content (AvgIpc) is 3.41. The number of rotatable bonds is 3. The molecule has 4 aliphatic carbocycles.